The molecule has 2 rings (SSSR count). The number of rotatable bonds is 2. The number of nitrogens with zero attached hydrogens (tertiary/aromatic N) is 1. The molecule has 0 spiro atoms. The summed E-state index contributed by atoms with van der Waals surface area (Å²) in [6.45, 7) is 0. The van der Waals surface area contributed by atoms with Gasteiger partial charge >= 0.3 is 0 Å². The summed E-state index contributed by atoms with van der Waals surface area (Å²) in [5, 5.41) is 5.04. The van der Waals surface area contributed by atoms with E-state index < -0.39 is 0 Å². The third kappa shape index (κ3) is 2.30. The summed E-state index contributed by atoms with van der Waals surface area (Å²) in [6, 6.07) is 5.07. The van der Waals surface area contributed by atoms with Crippen LogP contribution < -0.4 is 0 Å². The molecule has 0 fully saturated rings. The summed E-state index contributed by atoms with van der Waals surface area (Å²) in [5.74, 6) is 0.210. The van der Waals surface area contributed by atoms with E-state index in [1.807, 2.05) is 0 Å². The Labute approximate surface area is 112 Å². The first-order valence-electron chi connectivity index (χ1n) is 4.28. The number of hydrogen-bond acceptors (Lipinski definition) is 2. The minimum absolute atomic E-state index is 0.182. The van der Waals surface area contributed by atoms with Gasteiger partial charge in [0.05, 0.1) is 11.4 Å². The Morgan fingerprint density at radius 3 is 2.25 bits per heavy atom. The third-order valence-corrected chi connectivity index (χ3v) is 3.01. The minimum Gasteiger partial charge on any atom is -0.343 e. The molecule has 0 aliphatic heterocycles. The van der Waals surface area contributed by atoms with Crippen molar-refractivity contribution < 1.29 is 4.52 Å². The van der Waals surface area contributed by atoms with Crippen molar-refractivity contribution in [3.63, 3.8) is 0 Å². The third-order valence-electron chi connectivity index (χ3n) is 2.01. The monoisotopic (exact) mass is 295 g/mol. The molecule has 2 aromatic rings. The van der Waals surface area contributed by atoms with Crippen LogP contribution >= 0.6 is 46.4 Å². The number of benzene rings is 1. The number of aromatic nitrogens is 1. The molecule has 2 nitrogen and oxygen atoms in total. The van der Waals surface area contributed by atoms with E-state index in [1.54, 1.807) is 18.2 Å². The molecular weight excluding hydrogens is 292 g/mol. The standard InChI is InChI=1S/C10H5Cl4NO/c11-4-8-9(15-16-10(8)14)5-1-6(12)3-7(13)2-5/h1-3H,4H2. The van der Waals surface area contributed by atoms with Crippen LogP contribution in [-0.2, 0) is 5.88 Å². The van der Waals surface area contributed by atoms with Gasteiger partial charge in [-0.2, -0.15) is 0 Å². The zero-order valence-electron chi connectivity index (χ0n) is 7.81. The first kappa shape index (κ1) is 12.1. The van der Waals surface area contributed by atoms with E-state index in [2.05, 4.69) is 5.16 Å². The normalized spacial score (nSPS) is 10.8. The molecule has 1 aromatic carbocycles. The van der Waals surface area contributed by atoms with Gasteiger partial charge in [-0.3, -0.25) is 0 Å². The van der Waals surface area contributed by atoms with E-state index in [-0.39, 0.29) is 11.1 Å². The summed E-state index contributed by atoms with van der Waals surface area (Å²) in [6.07, 6.45) is 0. The molecule has 0 atom stereocenters. The van der Waals surface area contributed by atoms with Crippen LogP contribution in [0.1, 0.15) is 5.56 Å². The van der Waals surface area contributed by atoms with Crippen LogP contribution in [0.2, 0.25) is 15.3 Å². The molecule has 0 saturated heterocycles. The summed E-state index contributed by atoms with van der Waals surface area (Å²) in [4.78, 5) is 0. The Kier molecular flexibility index (Phi) is 3.65. The van der Waals surface area contributed by atoms with Gasteiger partial charge in [0.1, 0.15) is 5.69 Å². The Morgan fingerprint density at radius 1 is 1.06 bits per heavy atom. The molecule has 0 aliphatic carbocycles. The van der Waals surface area contributed by atoms with Gasteiger partial charge in [0, 0.05) is 15.6 Å². The number of hydrogen-bond donors (Lipinski definition) is 0. The van der Waals surface area contributed by atoms with Crippen molar-refractivity contribution in [1.82, 2.24) is 5.16 Å². The van der Waals surface area contributed by atoms with Crippen molar-refractivity contribution in [2.75, 3.05) is 0 Å². The largest absolute Gasteiger partial charge is 0.343 e. The van der Waals surface area contributed by atoms with Gasteiger partial charge in [-0.15, -0.1) is 11.6 Å². The summed E-state index contributed by atoms with van der Waals surface area (Å²) in [5.41, 5.74) is 1.91. The van der Waals surface area contributed by atoms with Gasteiger partial charge in [0.2, 0.25) is 5.22 Å². The zero-order chi connectivity index (χ0) is 11.7. The van der Waals surface area contributed by atoms with E-state index in [9.17, 15) is 0 Å². The fraction of sp³-hybridized carbons (Fsp3) is 0.100. The average Bonchev–Trinajstić information content (AvgIpc) is 2.58. The lowest BCUT2D eigenvalue weighted by Crippen LogP contribution is -1.84. The fourth-order valence-corrected chi connectivity index (χ4v) is 2.36. The fourth-order valence-electron chi connectivity index (χ4n) is 1.32. The van der Waals surface area contributed by atoms with Crippen LogP contribution in [0, 0.1) is 0 Å². The minimum atomic E-state index is 0.182. The van der Waals surface area contributed by atoms with Crippen LogP contribution in [0.25, 0.3) is 11.3 Å². The molecule has 0 N–H and O–H groups in total. The number of alkyl halides is 1. The molecule has 84 valence electrons. The maximum atomic E-state index is 5.89. The smallest absolute Gasteiger partial charge is 0.231 e. The summed E-state index contributed by atoms with van der Waals surface area (Å²) in [7, 11) is 0. The molecule has 0 radical (unpaired) electrons. The second-order valence-electron chi connectivity index (χ2n) is 3.08. The van der Waals surface area contributed by atoms with Crippen molar-refractivity contribution in [3.8, 4) is 11.3 Å². The molecule has 0 aliphatic rings. The molecule has 1 aromatic heterocycles. The van der Waals surface area contributed by atoms with Crippen LogP contribution in [-0.4, -0.2) is 5.16 Å². The van der Waals surface area contributed by atoms with Crippen LogP contribution in [0.4, 0.5) is 0 Å². The molecular formula is C10H5Cl4NO. The summed E-state index contributed by atoms with van der Waals surface area (Å²) >= 11 is 23.3. The van der Waals surface area contributed by atoms with Crippen molar-refractivity contribution >= 4 is 46.4 Å². The molecule has 0 bridgehead atoms. The van der Waals surface area contributed by atoms with Gasteiger partial charge in [-0.05, 0) is 29.8 Å². The predicted molar refractivity (Wildman–Crippen MR) is 66.5 cm³/mol. The van der Waals surface area contributed by atoms with Crippen molar-refractivity contribution in [2.45, 2.75) is 5.88 Å². The molecule has 6 heteroatoms. The molecule has 0 amide bonds. The van der Waals surface area contributed by atoms with Gasteiger partial charge in [0.25, 0.3) is 0 Å². The van der Waals surface area contributed by atoms with E-state index in [0.29, 0.717) is 21.3 Å². The lowest BCUT2D eigenvalue weighted by atomic mass is 10.1. The topological polar surface area (TPSA) is 26.0 Å². The Morgan fingerprint density at radius 2 is 1.69 bits per heavy atom. The first-order chi connectivity index (χ1) is 7.61. The Hall–Kier alpha value is -0.410. The van der Waals surface area contributed by atoms with Gasteiger partial charge in [-0.1, -0.05) is 28.4 Å². The maximum absolute atomic E-state index is 5.89. The molecule has 16 heavy (non-hydrogen) atoms. The highest BCUT2D eigenvalue weighted by molar-refractivity contribution is 6.35. The van der Waals surface area contributed by atoms with Gasteiger partial charge < -0.3 is 4.52 Å². The van der Waals surface area contributed by atoms with Crippen molar-refractivity contribution in [3.05, 3.63) is 39.0 Å². The van der Waals surface area contributed by atoms with E-state index in [0.717, 1.165) is 5.56 Å². The predicted octanol–water partition coefficient (Wildman–Crippen LogP) is 5.04. The highest BCUT2D eigenvalue weighted by Crippen LogP contribution is 2.32. The maximum Gasteiger partial charge on any atom is 0.231 e. The average molecular weight is 297 g/mol. The molecule has 0 saturated carbocycles. The van der Waals surface area contributed by atoms with Crippen molar-refractivity contribution in [2.24, 2.45) is 0 Å². The Balaban J connectivity index is 2.58. The lowest BCUT2D eigenvalue weighted by molar-refractivity contribution is 0.423. The second kappa shape index (κ2) is 4.84. The number of halogens is 4. The highest BCUT2D eigenvalue weighted by Gasteiger charge is 2.15. The van der Waals surface area contributed by atoms with Gasteiger partial charge in [-0.25, -0.2) is 0 Å². The quantitative estimate of drug-likeness (QED) is 0.726. The molecule has 0 unspecified atom stereocenters. The molecule has 1 heterocycles. The Bertz CT molecular complexity index is 503. The highest BCUT2D eigenvalue weighted by atomic mass is 35.5. The zero-order valence-corrected chi connectivity index (χ0v) is 10.8. The SMILES string of the molecule is ClCc1c(-c2cc(Cl)cc(Cl)c2)noc1Cl. The first-order valence-corrected chi connectivity index (χ1v) is 5.95. The van der Waals surface area contributed by atoms with E-state index >= 15 is 0 Å². The van der Waals surface area contributed by atoms with Crippen LogP contribution in [0.3, 0.4) is 0 Å². The van der Waals surface area contributed by atoms with E-state index in [4.69, 9.17) is 50.9 Å². The lowest BCUT2D eigenvalue weighted by Gasteiger charge is -2.00. The van der Waals surface area contributed by atoms with Crippen LogP contribution in [0.15, 0.2) is 22.7 Å². The van der Waals surface area contributed by atoms with Gasteiger partial charge in [0.15, 0.2) is 0 Å². The van der Waals surface area contributed by atoms with Crippen molar-refractivity contribution in [1.29, 1.82) is 0 Å². The van der Waals surface area contributed by atoms with E-state index in [1.165, 1.54) is 0 Å². The second-order valence-corrected chi connectivity index (χ2v) is 4.56. The summed E-state index contributed by atoms with van der Waals surface area (Å²) < 4.78 is 4.87. The van der Waals surface area contributed by atoms with Crippen LogP contribution in [0.5, 0.6) is 0 Å².